The normalized spacial score (nSPS) is 14.1. The molecular weight excluding hydrogens is 432 g/mol. The van der Waals surface area contributed by atoms with Crippen LogP contribution in [0.1, 0.15) is 23.2 Å². The highest BCUT2D eigenvalue weighted by molar-refractivity contribution is 6.68. The number of carbonyl (C=O) groups is 1. The van der Waals surface area contributed by atoms with Gasteiger partial charge in [-0.05, 0) is 42.6 Å². The Bertz CT molecular complexity index is 1050. The van der Waals surface area contributed by atoms with Crippen LogP contribution in [0.25, 0.3) is 0 Å². The third-order valence-corrected chi connectivity index (χ3v) is 5.14. The summed E-state index contributed by atoms with van der Waals surface area (Å²) in [7, 11) is 1.55. The molecule has 1 aliphatic rings. The second-order valence-corrected chi connectivity index (χ2v) is 7.45. The van der Waals surface area contributed by atoms with Gasteiger partial charge in [-0.2, -0.15) is 4.98 Å². The van der Waals surface area contributed by atoms with Crippen molar-refractivity contribution in [3.63, 3.8) is 0 Å². The highest BCUT2D eigenvalue weighted by Crippen LogP contribution is 2.28. The van der Waals surface area contributed by atoms with E-state index in [1.807, 2.05) is 30.3 Å². The van der Waals surface area contributed by atoms with Crippen LogP contribution < -0.4 is 20.5 Å². The maximum atomic E-state index is 12.2. The number of para-hydroxylation sites is 1. The molecule has 2 N–H and O–H groups in total. The van der Waals surface area contributed by atoms with Crippen molar-refractivity contribution in [3.8, 4) is 5.88 Å². The lowest BCUT2D eigenvalue weighted by atomic mass is 10.1. The number of pyridine rings is 1. The molecule has 1 saturated heterocycles. The molecule has 3 aromatic rings. The number of halogens is 1. The van der Waals surface area contributed by atoms with E-state index in [0.29, 0.717) is 36.5 Å². The third kappa shape index (κ3) is 5.31. The second kappa shape index (κ2) is 10.4. The Morgan fingerprint density at radius 2 is 1.91 bits per heavy atom. The number of methoxy groups -OCH3 is 1. The Morgan fingerprint density at radius 3 is 2.56 bits per heavy atom. The molecule has 9 nitrogen and oxygen atoms in total. The Morgan fingerprint density at radius 1 is 1.12 bits per heavy atom. The second-order valence-electron chi connectivity index (χ2n) is 7.11. The molecule has 0 unspecified atom stereocenters. The van der Waals surface area contributed by atoms with Crippen LogP contribution in [0.15, 0.2) is 54.9 Å². The number of nitrogens with zero attached hydrogens (tertiary/aromatic N) is 4. The lowest BCUT2D eigenvalue weighted by Gasteiger charge is -2.32. The molecule has 32 heavy (non-hydrogen) atoms. The topological polar surface area (TPSA) is 102 Å². The smallest absolute Gasteiger partial charge is 0.257 e. The van der Waals surface area contributed by atoms with Crippen molar-refractivity contribution in [3.05, 3.63) is 60.4 Å². The number of nitrogens with one attached hydrogen (secondary N) is 2. The minimum Gasteiger partial charge on any atom is -0.481 e. The molecule has 1 fully saturated rings. The number of benzene rings is 1. The molecule has 1 aliphatic heterocycles. The zero-order valence-electron chi connectivity index (χ0n) is 17.5. The van der Waals surface area contributed by atoms with E-state index >= 15 is 0 Å². The lowest BCUT2D eigenvalue weighted by molar-refractivity contribution is 0.0780. The van der Waals surface area contributed by atoms with Gasteiger partial charge in [0.2, 0.25) is 11.8 Å². The number of hydrazine groups is 1. The molecule has 0 saturated carbocycles. The van der Waals surface area contributed by atoms with Gasteiger partial charge in [-0.3, -0.25) is 9.80 Å². The average molecular weight is 455 g/mol. The van der Waals surface area contributed by atoms with Gasteiger partial charge in [0.05, 0.1) is 30.2 Å². The Kier molecular flexibility index (Phi) is 7.10. The predicted octanol–water partition coefficient (Wildman–Crippen LogP) is 3.82. The summed E-state index contributed by atoms with van der Waals surface area (Å²) in [6.45, 7) is 1.34. The van der Waals surface area contributed by atoms with Crippen molar-refractivity contribution in [2.24, 2.45) is 0 Å². The SMILES string of the molecule is COc1ccc(Nc2ncc(C(=O)Cl)c(N(NC3CCOCC3)c3ccccc3)n2)cn1. The molecule has 0 spiro atoms. The van der Waals surface area contributed by atoms with Crippen LogP contribution in [0.5, 0.6) is 5.88 Å². The van der Waals surface area contributed by atoms with Crippen LogP contribution in [0.2, 0.25) is 0 Å². The van der Waals surface area contributed by atoms with E-state index in [2.05, 4.69) is 25.7 Å². The molecule has 0 bridgehead atoms. The van der Waals surface area contributed by atoms with Crippen molar-refractivity contribution in [1.82, 2.24) is 20.4 Å². The molecular formula is C22H23ClN6O3. The van der Waals surface area contributed by atoms with Gasteiger partial charge >= 0.3 is 0 Å². The van der Waals surface area contributed by atoms with Crippen LogP contribution in [0, 0.1) is 0 Å². The average Bonchev–Trinajstić information content (AvgIpc) is 2.84. The summed E-state index contributed by atoms with van der Waals surface area (Å²) in [5.41, 5.74) is 5.16. The fraction of sp³-hybridized carbons (Fsp3) is 0.273. The van der Waals surface area contributed by atoms with Crippen LogP contribution in [0.4, 0.5) is 23.1 Å². The van der Waals surface area contributed by atoms with Crippen molar-refractivity contribution < 1.29 is 14.3 Å². The number of aromatic nitrogens is 3. The molecule has 4 rings (SSSR count). The predicted molar refractivity (Wildman–Crippen MR) is 122 cm³/mol. The fourth-order valence-corrected chi connectivity index (χ4v) is 3.42. The van der Waals surface area contributed by atoms with Gasteiger partial charge in [0.1, 0.15) is 0 Å². The van der Waals surface area contributed by atoms with Crippen molar-refractivity contribution in [2.45, 2.75) is 18.9 Å². The molecule has 1 aromatic carbocycles. The zero-order chi connectivity index (χ0) is 22.3. The highest BCUT2D eigenvalue weighted by Gasteiger charge is 2.24. The summed E-state index contributed by atoms with van der Waals surface area (Å²) in [5.74, 6) is 1.14. The highest BCUT2D eigenvalue weighted by atomic mass is 35.5. The van der Waals surface area contributed by atoms with Crippen LogP contribution >= 0.6 is 11.6 Å². The first-order valence-electron chi connectivity index (χ1n) is 10.2. The van der Waals surface area contributed by atoms with E-state index < -0.39 is 5.24 Å². The van der Waals surface area contributed by atoms with Gasteiger partial charge in [0, 0.05) is 31.5 Å². The van der Waals surface area contributed by atoms with E-state index in [1.54, 1.807) is 30.4 Å². The zero-order valence-corrected chi connectivity index (χ0v) is 18.2. The molecule has 0 radical (unpaired) electrons. The Hall–Kier alpha value is -3.27. The van der Waals surface area contributed by atoms with Crippen molar-refractivity contribution >= 4 is 40.0 Å². The minimum atomic E-state index is -0.646. The number of hydrogen-bond acceptors (Lipinski definition) is 9. The summed E-state index contributed by atoms with van der Waals surface area (Å²) >= 11 is 5.89. The molecule has 0 atom stereocenters. The van der Waals surface area contributed by atoms with E-state index in [0.717, 1.165) is 18.5 Å². The first kappa shape index (κ1) is 21.9. The van der Waals surface area contributed by atoms with E-state index in [1.165, 1.54) is 6.20 Å². The number of anilines is 4. The molecule has 2 aromatic heterocycles. The van der Waals surface area contributed by atoms with Crippen molar-refractivity contribution in [1.29, 1.82) is 0 Å². The van der Waals surface area contributed by atoms with Gasteiger partial charge in [0.15, 0.2) is 5.82 Å². The van der Waals surface area contributed by atoms with Gasteiger partial charge in [-0.25, -0.2) is 15.4 Å². The molecule has 3 heterocycles. The minimum absolute atomic E-state index is 0.152. The summed E-state index contributed by atoms with van der Waals surface area (Å²) in [5, 5.41) is 4.24. The van der Waals surface area contributed by atoms with Crippen molar-refractivity contribution in [2.75, 3.05) is 30.6 Å². The Balaban J connectivity index is 1.70. The number of ether oxygens (including phenoxy) is 2. The number of hydrogen-bond donors (Lipinski definition) is 2. The summed E-state index contributed by atoms with van der Waals surface area (Å²) in [4.78, 5) is 25.3. The first-order chi connectivity index (χ1) is 15.6. The number of carbonyl (C=O) groups excluding carboxylic acids is 1. The van der Waals surface area contributed by atoms with E-state index in [4.69, 9.17) is 21.1 Å². The quantitative estimate of drug-likeness (QED) is 0.388. The molecule has 10 heteroatoms. The van der Waals surface area contributed by atoms with Crippen LogP contribution in [-0.4, -0.2) is 46.6 Å². The number of rotatable bonds is 8. The maximum absolute atomic E-state index is 12.2. The lowest BCUT2D eigenvalue weighted by Crippen LogP contribution is -2.45. The molecule has 0 aliphatic carbocycles. The maximum Gasteiger partial charge on any atom is 0.257 e. The summed E-state index contributed by atoms with van der Waals surface area (Å²) < 4.78 is 10.6. The van der Waals surface area contributed by atoms with Crippen LogP contribution in [0.3, 0.4) is 0 Å². The van der Waals surface area contributed by atoms with Gasteiger partial charge in [-0.1, -0.05) is 18.2 Å². The summed E-state index contributed by atoms with van der Waals surface area (Å²) in [6, 6.07) is 13.3. The standard InChI is InChI=1S/C22H23ClN6O3/c1-31-19-8-7-16(13-24-19)26-22-25-14-18(20(23)30)21(27-22)29(17-5-3-2-4-6-17)28-15-9-11-32-12-10-15/h2-8,13-15,28H,9-12H2,1H3,(H,25,26,27). The molecule has 166 valence electrons. The monoisotopic (exact) mass is 454 g/mol. The summed E-state index contributed by atoms with van der Waals surface area (Å²) in [6.07, 6.45) is 4.69. The van der Waals surface area contributed by atoms with Crippen LogP contribution in [-0.2, 0) is 4.74 Å². The van der Waals surface area contributed by atoms with Gasteiger partial charge in [0.25, 0.3) is 5.24 Å². The van der Waals surface area contributed by atoms with Gasteiger partial charge < -0.3 is 14.8 Å². The van der Waals surface area contributed by atoms with Gasteiger partial charge in [-0.15, -0.1) is 0 Å². The fourth-order valence-electron chi connectivity index (χ4n) is 3.29. The van der Waals surface area contributed by atoms with E-state index in [-0.39, 0.29) is 11.6 Å². The largest absolute Gasteiger partial charge is 0.481 e. The third-order valence-electron chi connectivity index (χ3n) is 4.94. The Labute approximate surface area is 190 Å². The first-order valence-corrected chi connectivity index (χ1v) is 10.5. The van der Waals surface area contributed by atoms with E-state index in [9.17, 15) is 4.79 Å². The molecule has 0 amide bonds.